The summed E-state index contributed by atoms with van der Waals surface area (Å²) in [4.78, 5) is 20.7. The first-order valence-corrected chi connectivity index (χ1v) is 2.60. The molecular weight excluding hydrogens is 128 g/mol. The minimum absolute atomic E-state index is 0. The molecule has 0 aromatic rings. The number of hydrogen-bond acceptors (Lipinski definition) is 2. The van der Waals surface area contributed by atoms with Gasteiger partial charge in [0.25, 0.3) is 0 Å². The summed E-state index contributed by atoms with van der Waals surface area (Å²) in [6, 6.07) is 0. The molecule has 0 bridgehead atoms. The molecule has 0 amide bonds. The number of rotatable bonds is 2. The second-order valence-electron chi connectivity index (χ2n) is 2.08. The number of carbonyl (C=O) groups excluding carboxylic acids is 2. The van der Waals surface area contributed by atoms with Crippen LogP contribution in [0.1, 0.15) is 35.6 Å². The van der Waals surface area contributed by atoms with E-state index < -0.39 is 0 Å². The van der Waals surface area contributed by atoms with Crippen LogP contribution in [0.3, 0.4) is 0 Å². The molecular formula is C8H18O2. The van der Waals surface area contributed by atoms with Crippen molar-refractivity contribution >= 4 is 11.6 Å². The Morgan fingerprint density at radius 1 is 1.10 bits per heavy atom. The van der Waals surface area contributed by atoms with E-state index in [4.69, 9.17) is 0 Å². The maximum atomic E-state index is 10.5. The van der Waals surface area contributed by atoms with Gasteiger partial charge in [-0.25, -0.2) is 0 Å². The zero-order valence-corrected chi connectivity index (χ0v) is 5.39. The van der Waals surface area contributed by atoms with Crippen LogP contribution < -0.4 is 0 Å². The molecule has 0 rings (SSSR count). The summed E-state index contributed by atoms with van der Waals surface area (Å²) in [5, 5.41) is 0. The summed E-state index contributed by atoms with van der Waals surface area (Å²) >= 11 is 0. The van der Waals surface area contributed by atoms with Gasteiger partial charge in [0.1, 0.15) is 0 Å². The summed E-state index contributed by atoms with van der Waals surface area (Å²) < 4.78 is 0. The van der Waals surface area contributed by atoms with E-state index in [0.717, 1.165) is 0 Å². The Bertz CT molecular complexity index is 114. The third-order valence-corrected chi connectivity index (χ3v) is 0.871. The first-order chi connectivity index (χ1) is 3.55. The highest BCUT2D eigenvalue weighted by molar-refractivity contribution is 6.36. The molecule has 2 heteroatoms. The lowest BCUT2D eigenvalue weighted by molar-refractivity contribution is -0.137. The molecule has 0 saturated heterocycles. The molecule has 0 atom stereocenters. The van der Waals surface area contributed by atoms with Gasteiger partial charge in [-0.15, -0.1) is 0 Å². The summed E-state index contributed by atoms with van der Waals surface area (Å²) in [7, 11) is 0. The van der Waals surface area contributed by atoms with Crippen molar-refractivity contribution < 1.29 is 9.59 Å². The van der Waals surface area contributed by atoms with Crippen LogP contribution in [0, 0.1) is 5.92 Å². The van der Waals surface area contributed by atoms with Crippen molar-refractivity contribution in [2.24, 2.45) is 5.92 Å². The Morgan fingerprint density at radius 3 is 1.40 bits per heavy atom. The summed E-state index contributed by atoms with van der Waals surface area (Å²) in [6.07, 6.45) is 0. The van der Waals surface area contributed by atoms with Crippen molar-refractivity contribution in [1.82, 2.24) is 0 Å². The molecule has 0 N–H and O–H groups in total. The molecule has 0 fully saturated rings. The van der Waals surface area contributed by atoms with Gasteiger partial charge in [0.15, 0.2) is 5.78 Å². The van der Waals surface area contributed by atoms with E-state index >= 15 is 0 Å². The molecule has 10 heavy (non-hydrogen) atoms. The molecule has 0 saturated carbocycles. The Kier molecular flexibility index (Phi) is 10.4. The smallest absolute Gasteiger partial charge is 0.200 e. The molecule has 0 aromatic heterocycles. The van der Waals surface area contributed by atoms with Gasteiger partial charge in [-0.3, -0.25) is 9.59 Å². The van der Waals surface area contributed by atoms with Crippen molar-refractivity contribution in [2.45, 2.75) is 35.6 Å². The monoisotopic (exact) mass is 146 g/mol. The van der Waals surface area contributed by atoms with Gasteiger partial charge in [0, 0.05) is 12.8 Å². The second-order valence-corrected chi connectivity index (χ2v) is 2.08. The summed E-state index contributed by atoms with van der Waals surface area (Å²) in [6.45, 7) is 4.72. The van der Waals surface area contributed by atoms with E-state index in [1.54, 1.807) is 13.8 Å². The van der Waals surface area contributed by atoms with Crippen LogP contribution in [0.5, 0.6) is 0 Å². The molecule has 0 aliphatic rings. The third-order valence-electron chi connectivity index (χ3n) is 0.871. The van der Waals surface area contributed by atoms with Crippen molar-refractivity contribution in [1.29, 1.82) is 0 Å². The maximum absolute atomic E-state index is 10.5. The molecule has 2 nitrogen and oxygen atoms in total. The van der Waals surface area contributed by atoms with Crippen LogP contribution >= 0.6 is 0 Å². The fourth-order valence-electron chi connectivity index (χ4n) is 0.407. The van der Waals surface area contributed by atoms with E-state index in [-0.39, 0.29) is 32.3 Å². The highest BCUT2D eigenvalue weighted by Gasteiger charge is 2.10. The van der Waals surface area contributed by atoms with Crippen molar-refractivity contribution in [3.63, 3.8) is 0 Å². The molecule has 0 radical (unpaired) electrons. The zero-order valence-electron chi connectivity index (χ0n) is 5.39. The van der Waals surface area contributed by atoms with Gasteiger partial charge in [-0.05, 0) is 0 Å². The Hall–Kier alpha value is -0.660. The van der Waals surface area contributed by atoms with Gasteiger partial charge in [0.05, 0.1) is 0 Å². The fourth-order valence-corrected chi connectivity index (χ4v) is 0.407. The SMILES string of the molecule is C.C.CC(=O)C(=O)C(C)C. The van der Waals surface area contributed by atoms with Gasteiger partial charge < -0.3 is 0 Å². The molecule has 0 aromatic carbocycles. The van der Waals surface area contributed by atoms with Crippen LogP contribution in [-0.4, -0.2) is 11.6 Å². The number of hydrogen-bond donors (Lipinski definition) is 0. The predicted octanol–water partition coefficient (Wildman–Crippen LogP) is 2.07. The van der Waals surface area contributed by atoms with Crippen LogP contribution in [-0.2, 0) is 9.59 Å². The standard InChI is InChI=1S/C6H10O2.2CH4/c1-4(2)6(8)5(3)7;;/h4H,1-3H3;2*1H4. The van der Waals surface area contributed by atoms with Gasteiger partial charge in [0.2, 0.25) is 5.78 Å². The zero-order chi connectivity index (χ0) is 6.73. The first kappa shape index (κ1) is 16.2. The lowest BCUT2D eigenvalue weighted by atomic mass is 10.1. The molecule has 0 spiro atoms. The van der Waals surface area contributed by atoms with E-state index in [2.05, 4.69) is 0 Å². The van der Waals surface area contributed by atoms with Gasteiger partial charge in [-0.1, -0.05) is 28.7 Å². The third kappa shape index (κ3) is 5.48. The number of ketones is 2. The van der Waals surface area contributed by atoms with E-state index in [0.29, 0.717) is 0 Å². The minimum Gasteiger partial charge on any atom is -0.291 e. The summed E-state index contributed by atoms with van der Waals surface area (Å²) in [5.74, 6) is -0.780. The van der Waals surface area contributed by atoms with Crippen molar-refractivity contribution in [2.75, 3.05) is 0 Å². The highest BCUT2D eigenvalue weighted by atomic mass is 16.2. The predicted molar refractivity (Wildman–Crippen MR) is 44.0 cm³/mol. The molecule has 0 heterocycles. The minimum atomic E-state index is -0.347. The van der Waals surface area contributed by atoms with Gasteiger partial charge >= 0.3 is 0 Å². The molecule has 0 aliphatic heterocycles. The first-order valence-electron chi connectivity index (χ1n) is 2.60. The Labute approximate surface area is 63.6 Å². The highest BCUT2D eigenvalue weighted by Crippen LogP contribution is 1.93. The van der Waals surface area contributed by atoms with E-state index in [9.17, 15) is 9.59 Å². The number of carbonyl (C=O) groups is 2. The summed E-state index contributed by atoms with van der Waals surface area (Å²) in [5.41, 5.74) is 0. The molecule has 62 valence electrons. The maximum Gasteiger partial charge on any atom is 0.200 e. The van der Waals surface area contributed by atoms with Crippen LogP contribution in [0.2, 0.25) is 0 Å². The van der Waals surface area contributed by atoms with E-state index in [1.807, 2.05) is 0 Å². The number of Topliss-reactive ketones (excluding diaryl/α,β-unsaturated/α-hetero) is 2. The lowest BCUT2D eigenvalue weighted by Gasteiger charge is -1.95. The molecule has 0 aliphatic carbocycles. The Balaban J connectivity index is -0.000000245. The lowest BCUT2D eigenvalue weighted by Crippen LogP contribution is -2.15. The topological polar surface area (TPSA) is 34.1 Å². The van der Waals surface area contributed by atoms with Crippen LogP contribution in [0.15, 0.2) is 0 Å². The van der Waals surface area contributed by atoms with Crippen molar-refractivity contribution in [3.05, 3.63) is 0 Å². The van der Waals surface area contributed by atoms with Crippen molar-refractivity contribution in [3.8, 4) is 0 Å². The quantitative estimate of drug-likeness (QED) is 0.559. The molecule has 0 unspecified atom stereocenters. The largest absolute Gasteiger partial charge is 0.291 e. The average Bonchev–Trinajstić information content (AvgIpc) is 1.64. The van der Waals surface area contributed by atoms with E-state index in [1.165, 1.54) is 6.92 Å². The normalized spacial score (nSPS) is 7.60. The average molecular weight is 146 g/mol. The van der Waals surface area contributed by atoms with Crippen LogP contribution in [0.25, 0.3) is 0 Å². The van der Waals surface area contributed by atoms with Gasteiger partial charge in [-0.2, -0.15) is 0 Å². The Morgan fingerprint density at radius 2 is 1.40 bits per heavy atom. The second kappa shape index (κ2) is 6.46. The van der Waals surface area contributed by atoms with Crippen LogP contribution in [0.4, 0.5) is 0 Å². The fraction of sp³-hybridized carbons (Fsp3) is 0.750.